The molecule has 4 rings (SSSR count). The summed E-state index contributed by atoms with van der Waals surface area (Å²) >= 11 is 0. The Kier molecular flexibility index (Phi) is 4.71. The largest absolute Gasteiger partial charge is 0.478 e. The summed E-state index contributed by atoms with van der Waals surface area (Å²) in [6.07, 6.45) is 6.82. The smallest absolute Gasteiger partial charge is 0.338 e. The summed E-state index contributed by atoms with van der Waals surface area (Å²) in [4.78, 5) is 21.6. The van der Waals surface area contributed by atoms with Crippen LogP contribution in [0.25, 0.3) is 22.4 Å². The summed E-state index contributed by atoms with van der Waals surface area (Å²) in [7, 11) is 0. The molecule has 0 unspecified atom stereocenters. The molecule has 3 aromatic rings. The van der Waals surface area contributed by atoms with E-state index in [0.717, 1.165) is 65.7 Å². The number of pyridine rings is 2. The lowest BCUT2D eigenvalue weighted by Crippen LogP contribution is -2.11. The zero-order valence-corrected chi connectivity index (χ0v) is 15.4. The fraction of sp³-hybridized carbons (Fsp3) is 0.261. The molecule has 0 fully saturated rings. The molecule has 1 aliphatic carbocycles. The highest BCUT2D eigenvalue weighted by atomic mass is 16.4. The van der Waals surface area contributed by atoms with Crippen molar-refractivity contribution in [1.82, 2.24) is 9.97 Å². The number of carboxylic acid groups (broad SMARTS) is 1. The van der Waals surface area contributed by atoms with Crippen LogP contribution in [0.3, 0.4) is 0 Å². The maximum Gasteiger partial charge on any atom is 0.338 e. The highest BCUT2D eigenvalue weighted by molar-refractivity contribution is 6.03. The van der Waals surface area contributed by atoms with Crippen molar-refractivity contribution >= 4 is 5.97 Å². The van der Waals surface area contributed by atoms with Crippen LogP contribution in [0.2, 0.25) is 0 Å². The van der Waals surface area contributed by atoms with E-state index in [1.807, 2.05) is 49.4 Å². The Morgan fingerprint density at radius 3 is 2.52 bits per heavy atom. The van der Waals surface area contributed by atoms with Crippen molar-refractivity contribution in [3.63, 3.8) is 0 Å². The molecule has 1 aromatic carbocycles. The molecule has 1 N–H and O–H groups in total. The number of carboxylic acids is 1. The first-order valence-corrected chi connectivity index (χ1v) is 9.42. The first kappa shape index (κ1) is 17.4. The first-order valence-electron chi connectivity index (χ1n) is 9.42. The van der Waals surface area contributed by atoms with E-state index in [0.29, 0.717) is 11.3 Å². The number of benzene rings is 1. The zero-order valence-electron chi connectivity index (χ0n) is 15.4. The van der Waals surface area contributed by atoms with Gasteiger partial charge in [0.2, 0.25) is 0 Å². The second-order valence-electron chi connectivity index (χ2n) is 7.05. The predicted octanol–water partition coefficient (Wildman–Crippen LogP) is 5.09. The topological polar surface area (TPSA) is 63.1 Å². The van der Waals surface area contributed by atoms with Crippen LogP contribution in [-0.2, 0) is 12.8 Å². The molecule has 0 saturated carbocycles. The Labute approximate surface area is 158 Å². The van der Waals surface area contributed by atoms with Gasteiger partial charge < -0.3 is 5.11 Å². The molecule has 1 aliphatic rings. The highest BCUT2D eigenvalue weighted by Crippen LogP contribution is 2.38. The molecule has 2 aromatic heterocycles. The van der Waals surface area contributed by atoms with Gasteiger partial charge in [0.05, 0.1) is 11.3 Å². The highest BCUT2D eigenvalue weighted by Gasteiger charge is 2.26. The van der Waals surface area contributed by atoms with Gasteiger partial charge in [0, 0.05) is 28.7 Å². The van der Waals surface area contributed by atoms with Gasteiger partial charge in [-0.1, -0.05) is 36.8 Å². The Morgan fingerprint density at radius 2 is 1.78 bits per heavy atom. The predicted molar refractivity (Wildman–Crippen MR) is 106 cm³/mol. The third-order valence-electron chi connectivity index (χ3n) is 5.17. The molecule has 4 nitrogen and oxygen atoms in total. The van der Waals surface area contributed by atoms with Crippen molar-refractivity contribution in [3.05, 3.63) is 71.2 Å². The molecule has 0 saturated heterocycles. The van der Waals surface area contributed by atoms with Crippen molar-refractivity contribution in [2.24, 2.45) is 0 Å². The maximum absolute atomic E-state index is 12.4. The quantitative estimate of drug-likeness (QED) is 0.663. The average molecular weight is 358 g/mol. The normalized spacial score (nSPS) is 13.7. The minimum Gasteiger partial charge on any atom is -0.478 e. The molecule has 0 amide bonds. The van der Waals surface area contributed by atoms with E-state index >= 15 is 0 Å². The van der Waals surface area contributed by atoms with Gasteiger partial charge in [-0.15, -0.1) is 0 Å². The van der Waals surface area contributed by atoms with E-state index in [-0.39, 0.29) is 0 Å². The first-order chi connectivity index (χ1) is 13.1. The molecule has 0 radical (unpaired) electrons. The second-order valence-corrected chi connectivity index (χ2v) is 7.05. The second kappa shape index (κ2) is 7.31. The van der Waals surface area contributed by atoms with Crippen molar-refractivity contribution in [3.8, 4) is 22.4 Å². The van der Waals surface area contributed by atoms with Gasteiger partial charge in [-0.2, -0.15) is 0 Å². The van der Waals surface area contributed by atoms with E-state index < -0.39 is 5.97 Å². The summed E-state index contributed by atoms with van der Waals surface area (Å²) in [5, 5.41) is 10.2. The molecule has 4 heteroatoms. The molecule has 0 bridgehead atoms. The molecular weight excluding hydrogens is 336 g/mol. The van der Waals surface area contributed by atoms with Crippen LogP contribution in [0.5, 0.6) is 0 Å². The van der Waals surface area contributed by atoms with Gasteiger partial charge in [-0.05, 0) is 55.9 Å². The van der Waals surface area contributed by atoms with E-state index in [4.69, 9.17) is 4.98 Å². The maximum atomic E-state index is 12.4. The Bertz CT molecular complexity index is 997. The summed E-state index contributed by atoms with van der Waals surface area (Å²) in [6, 6.07) is 13.5. The molecule has 2 heterocycles. The minimum atomic E-state index is -0.933. The van der Waals surface area contributed by atoms with Crippen LogP contribution in [0.1, 0.15) is 46.6 Å². The van der Waals surface area contributed by atoms with Crippen molar-refractivity contribution in [2.45, 2.75) is 39.0 Å². The number of fused-ring (bicyclic) bond motifs is 1. The lowest BCUT2D eigenvalue weighted by Gasteiger charge is -2.19. The zero-order chi connectivity index (χ0) is 18.8. The Hall–Kier alpha value is -3.01. The molecule has 0 spiro atoms. The van der Waals surface area contributed by atoms with Gasteiger partial charge in [-0.3, -0.25) is 9.97 Å². The van der Waals surface area contributed by atoms with Crippen LogP contribution in [0.15, 0.2) is 48.7 Å². The number of rotatable bonds is 3. The third-order valence-corrected chi connectivity index (χ3v) is 5.17. The van der Waals surface area contributed by atoms with E-state index in [9.17, 15) is 9.90 Å². The fourth-order valence-corrected chi connectivity index (χ4v) is 3.95. The Morgan fingerprint density at radius 1 is 1.00 bits per heavy atom. The monoisotopic (exact) mass is 358 g/mol. The van der Waals surface area contributed by atoms with Gasteiger partial charge in [-0.25, -0.2) is 4.79 Å². The SMILES string of the molecule is Cc1cc(-c2c3c(nc(-c4ccccc4)c2C(=O)O)CCCCC3)ccn1. The molecule has 136 valence electrons. The van der Waals surface area contributed by atoms with Crippen LogP contribution < -0.4 is 0 Å². The van der Waals surface area contributed by atoms with Gasteiger partial charge in [0.1, 0.15) is 0 Å². The van der Waals surface area contributed by atoms with Crippen LogP contribution >= 0.6 is 0 Å². The summed E-state index contributed by atoms with van der Waals surface area (Å²) < 4.78 is 0. The van der Waals surface area contributed by atoms with E-state index in [1.54, 1.807) is 6.20 Å². The number of aryl methyl sites for hydroxylation is 2. The lowest BCUT2D eigenvalue weighted by atomic mass is 9.88. The van der Waals surface area contributed by atoms with Gasteiger partial charge >= 0.3 is 5.97 Å². The standard InChI is InChI=1S/C23H22N2O2/c1-15-14-17(12-13-24-15)20-18-10-6-3-7-11-19(18)25-22(21(20)23(26)27)16-8-4-2-5-9-16/h2,4-5,8-9,12-14H,3,6-7,10-11H2,1H3,(H,26,27). The van der Waals surface area contributed by atoms with E-state index in [1.165, 1.54) is 0 Å². The molecule has 0 aliphatic heterocycles. The molecule has 0 atom stereocenters. The number of aromatic nitrogens is 2. The number of carbonyl (C=O) groups is 1. The number of nitrogens with zero attached hydrogens (tertiary/aromatic N) is 2. The van der Waals surface area contributed by atoms with Crippen molar-refractivity contribution < 1.29 is 9.90 Å². The van der Waals surface area contributed by atoms with E-state index in [2.05, 4.69) is 4.98 Å². The van der Waals surface area contributed by atoms with Crippen LogP contribution in [-0.4, -0.2) is 21.0 Å². The van der Waals surface area contributed by atoms with Gasteiger partial charge in [0.15, 0.2) is 0 Å². The molecular formula is C23H22N2O2. The summed E-state index contributed by atoms with van der Waals surface area (Å²) in [5.41, 5.74) is 6.45. The minimum absolute atomic E-state index is 0.299. The van der Waals surface area contributed by atoms with Crippen LogP contribution in [0.4, 0.5) is 0 Å². The number of hydrogen-bond donors (Lipinski definition) is 1. The van der Waals surface area contributed by atoms with Crippen molar-refractivity contribution in [1.29, 1.82) is 0 Å². The average Bonchev–Trinajstić information content (AvgIpc) is 2.92. The number of hydrogen-bond acceptors (Lipinski definition) is 3. The third kappa shape index (κ3) is 3.35. The summed E-state index contributed by atoms with van der Waals surface area (Å²) in [6.45, 7) is 1.93. The summed E-state index contributed by atoms with van der Waals surface area (Å²) in [5.74, 6) is -0.933. The van der Waals surface area contributed by atoms with Crippen molar-refractivity contribution in [2.75, 3.05) is 0 Å². The fourth-order valence-electron chi connectivity index (χ4n) is 3.95. The van der Waals surface area contributed by atoms with Crippen LogP contribution in [0, 0.1) is 6.92 Å². The Balaban J connectivity index is 2.09. The van der Waals surface area contributed by atoms with Gasteiger partial charge in [0.25, 0.3) is 0 Å². The lowest BCUT2D eigenvalue weighted by molar-refractivity contribution is 0.0698. The molecule has 27 heavy (non-hydrogen) atoms. The number of aromatic carboxylic acids is 1.